The van der Waals surface area contributed by atoms with E-state index < -0.39 is 0 Å². The molecule has 86 valence electrons. The average molecular weight is 218 g/mol. The van der Waals surface area contributed by atoms with E-state index in [2.05, 4.69) is 11.4 Å². The van der Waals surface area contributed by atoms with Crippen LogP contribution in [-0.4, -0.2) is 13.6 Å². The number of furan rings is 1. The average Bonchev–Trinajstić information content (AvgIpc) is 2.73. The molecule has 0 aliphatic heterocycles. The van der Waals surface area contributed by atoms with Crippen molar-refractivity contribution in [1.82, 2.24) is 5.32 Å². The molecule has 3 heteroatoms. The number of para-hydroxylation sites is 1. The van der Waals surface area contributed by atoms with E-state index in [-0.39, 0.29) is 6.04 Å². The Balaban J connectivity index is 2.13. The fourth-order valence-corrected chi connectivity index (χ4v) is 1.94. The van der Waals surface area contributed by atoms with Gasteiger partial charge in [0.1, 0.15) is 5.58 Å². The van der Waals surface area contributed by atoms with Crippen LogP contribution in [0.1, 0.15) is 24.4 Å². The minimum Gasteiger partial charge on any atom is -0.464 e. The summed E-state index contributed by atoms with van der Waals surface area (Å²) in [6.45, 7) is 1.00. The Morgan fingerprint density at radius 2 is 2.19 bits per heavy atom. The molecule has 3 N–H and O–H groups in total. The Morgan fingerprint density at radius 3 is 3.00 bits per heavy atom. The maximum Gasteiger partial charge on any atom is 0.134 e. The van der Waals surface area contributed by atoms with Gasteiger partial charge in [-0.25, -0.2) is 0 Å². The molecule has 2 aromatic rings. The predicted octanol–water partition coefficient (Wildman–Crippen LogP) is 2.43. The zero-order valence-corrected chi connectivity index (χ0v) is 9.57. The Labute approximate surface area is 95.6 Å². The molecule has 1 unspecified atom stereocenters. The smallest absolute Gasteiger partial charge is 0.134 e. The summed E-state index contributed by atoms with van der Waals surface area (Å²) < 4.78 is 5.48. The van der Waals surface area contributed by atoms with Crippen molar-refractivity contribution in [3.8, 4) is 0 Å². The maximum absolute atomic E-state index is 6.16. The van der Waals surface area contributed by atoms with E-state index in [4.69, 9.17) is 10.2 Å². The van der Waals surface area contributed by atoms with Gasteiger partial charge in [0.25, 0.3) is 0 Å². The Morgan fingerprint density at radius 1 is 1.38 bits per heavy atom. The van der Waals surface area contributed by atoms with Gasteiger partial charge in [-0.3, -0.25) is 0 Å². The quantitative estimate of drug-likeness (QED) is 0.758. The molecule has 3 nitrogen and oxygen atoms in total. The zero-order chi connectivity index (χ0) is 11.4. The molecule has 0 spiro atoms. The van der Waals surface area contributed by atoms with Gasteiger partial charge >= 0.3 is 0 Å². The van der Waals surface area contributed by atoms with Gasteiger partial charge in [0.05, 0.1) is 6.26 Å². The van der Waals surface area contributed by atoms with Crippen LogP contribution in [0.4, 0.5) is 0 Å². The van der Waals surface area contributed by atoms with E-state index in [0.29, 0.717) is 0 Å². The number of nitrogens with two attached hydrogens (primary N) is 1. The predicted molar refractivity (Wildman–Crippen MR) is 66.3 cm³/mol. The van der Waals surface area contributed by atoms with Crippen LogP contribution in [-0.2, 0) is 0 Å². The van der Waals surface area contributed by atoms with Crippen molar-refractivity contribution >= 4 is 11.0 Å². The summed E-state index contributed by atoms with van der Waals surface area (Å²) in [5.41, 5.74) is 8.19. The lowest BCUT2D eigenvalue weighted by Crippen LogP contribution is -2.14. The van der Waals surface area contributed by atoms with Crippen LogP contribution in [0.5, 0.6) is 0 Å². The SMILES string of the molecule is CNCCCC(N)c1coc2ccccc12. The van der Waals surface area contributed by atoms with Crippen molar-refractivity contribution in [2.75, 3.05) is 13.6 Å². The summed E-state index contributed by atoms with van der Waals surface area (Å²) in [5.74, 6) is 0. The molecule has 0 bridgehead atoms. The van der Waals surface area contributed by atoms with Gasteiger partial charge in [-0.2, -0.15) is 0 Å². The van der Waals surface area contributed by atoms with E-state index in [1.54, 1.807) is 6.26 Å². The molecule has 16 heavy (non-hydrogen) atoms. The summed E-state index contributed by atoms with van der Waals surface area (Å²) in [7, 11) is 1.96. The lowest BCUT2D eigenvalue weighted by Gasteiger charge is -2.09. The van der Waals surface area contributed by atoms with Crippen LogP contribution in [0.15, 0.2) is 34.9 Å². The number of fused-ring (bicyclic) bond motifs is 1. The van der Waals surface area contributed by atoms with Crippen molar-refractivity contribution in [2.24, 2.45) is 5.73 Å². The number of hydrogen-bond acceptors (Lipinski definition) is 3. The van der Waals surface area contributed by atoms with E-state index in [9.17, 15) is 0 Å². The normalized spacial score (nSPS) is 13.1. The monoisotopic (exact) mass is 218 g/mol. The molecule has 0 aliphatic carbocycles. The van der Waals surface area contributed by atoms with Crippen LogP contribution < -0.4 is 11.1 Å². The molecule has 0 aliphatic rings. The zero-order valence-electron chi connectivity index (χ0n) is 9.57. The van der Waals surface area contributed by atoms with Gasteiger partial charge in [-0.05, 0) is 32.5 Å². The molecule has 1 atom stereocenters. The fraction of sp³-hybridized carbons (Fsp3) is 0.385. The van der Waals surface area contributed by atoms with Gasteiger partial charge in [-0.1, -0.05) is 18.2 Å². The second-order valence-corrected chi connectivity index (χ2v) is 4.04. The highest BCUT2D eigenvalue weighted by Crippen LogP contribution is 2.27. The number of benzene rings is 1. The summed E-state index contributed by atoms with van der Waals surface area (Å²) in [5, 5.41) is 4.26. The topological polar surface area (TPSA) is 51.2 Å². The van der Waals surface area contributed by atoms with Crippen LogP contribution >= 0.6 is 0 Å². The molecule has 1 aromatic heterocycles. The Kier molecular flexibility index (Phi) is 3.59. The molecule has 1 heterocycles. The van der Waals surface area contributed by atoms with E-state index in [1.165, 1.54) is 0 Å². The largest absolute Gasteiger partial charge is 0.464 e. The van der Waals surface area contributed by atoms with Crippen LogP contribution in [0.25, 0.3) is 11.0 Å². The third-order valence-corrected chi connectivity index (χ3v) is 2.85. The van der Waals surface area contributed by atoms with Crippen LogP contribution in [0.3, 0.4) is 0 Å². The fourth-order valence-electron chi connectivity index (χ4n) is 1.94. The minimum atomic E-state index is 0.0667. The van der Waals surface area contributed by atoms with E-state index in [1.807, 2.05) is 25.2 Å². The van der Waals surface area contributed by atoms with Crippen LogP contribution in [0, 0.1) is 0 Å². The summed E-state index contributed by atoms with van der Waals surface area (Å²) >= 11 is 0. The Bertz CT molecular complexity index is 450. The summed E-state index contributed by atoms with van der Waals surface area (Å²) in [4.78, 5) is 0. The van der Waals surface area contributed by atoms with Gasteiger partial charge in [0.15, 0.2) is 0 Å². The second-order valence-electron chi connectivity index (χ2n) is 4.04. The first kappa shape index (κ1) is 11.2. The standard InChI is InChI=1S/C13H18N2O/c1-15-8-4-6-12(14)11-9-16-13-7-3-2-5-10(11)13/h2-3,5,7,9,12,15H,4,6,8,14H2,1H3. The molecule has 2 rings (SSSR count). The lowest BCUT2D eigenvalue weighted by atomic mass is 10.0. The molecule has 0 radical (unpaired) electrons. The second kappa shape index (κ2) is 5.14. The van der Waals surface area contributed by atoms with Crippen molar-refractivity contribution in [1.29, 1.82) is 0 Å². The first-order valence-electron chi connectivity index (χ1n) is 5.69. The number of nitrogens with one attached hydrogen (secondary N) is 1. The van der Waals surface area contributed by atoms with Crippen LogP contribution in [0.2, 0.25) is 0 Å². The Hall–Kier alpha value is -1.32. The third-order valence-electron chi connectivity index (χ3n) is 2.85. The van der Waals surface area contributed by atoms with Gasteiger partial charge in [-0.15, -0.1) is 0 Å². The van der Waals surface area contributed by atoms with E-state index in [0.717, 1.165) is 35.9 Å². The maximum atomic E-state index is 6.16. The molecule has 0 saturated heterocycles. The molecule has 0 fully saturated rings. The first-order chi connectivity index (χ1) is 7.83. The molecular weight excluding hydrogens is 200 g/mol. The third kappa shape index (κ3) is 2.26. The minimum absolute atomic E-state index is 0.0667. The van der Waals surface area contributed by atoms with Crippen molar-refractivity contribution < 1.29 is 4.42 Å². The summed E-state index contributed by atoms with van der Waals surface area (Å²) in [6.07, 6.45) is 3.84. The molecule has 0 amide bonds. The highest BCUT2D eigenvalue weighted by Gasteiger charge is 2.12. The highest BCUT2D eigenvalue weighted by molar-refractivity contribution is 5.81. The highest BCUT2D eigenvalue weighted by atomic mass is 16.3. The van der Waals surface area contributed by atoms with Gasteiger partial charge in [0, 0.05) is 17.0 Å². The molecule has 1 aromatic carbocycles. The first-order valence-corrected chi connectivity index (χ1v) is 5.69. The van der Waals surface area contributed by atoms with E-state index >= 15 is 0 Å². The lowest BCUT2D eigenvalue weighted by molar-refractivity contribution is 0.568. The van der Waals surface area contributed by atoms with Gasteiger partial charge in [0.2, 0.25) is 0 Å². The van der Waals surface area contributed by atoms with Crippen molar-refractivity contribution in [3.63, 3.8) is 0 Å². The van der Waals surface area contributed by atoms with Crippen molar-refractivity contribution in [2.45, 2.75) is 18.9 Å². The van der Waals surface area contributed by atoms with Crippen molar-refractivity contribution in [3.05, 3.63) is 36.1 Å². The summed E-state index contributed by atoms with van der Waals surface area (Å²) in [6, 6.07) is 8.09. The molecular formula is C13H18N2O. The number of hydrogen-bond donors (Lipinski definition) is 2. The number of rotatable bonds is 5. The van der Waals surface area contributed by atoms with Gasteiger partial charge < -0.3 is 15.5 Å². The molecule has 0 saturated carbocycles.